The highest BCUT2D eigenvalue weighted by Crippen LogP contribution is 2.26. The molecule has 0 unspecified atom stereocenters. The Kier molecular flexibility index (Phi) is 6.66. The summed E-state index contributed by atoms with van der Waals surface area (Å²) < 4.78 is 13.4. The van der Waals surface area contributed by atoms with E-state index >= 15 is 0 Å². The first kappa shape index (κ1) is 20.6. The van der Waals surface area contributed by atoms with Gasteiger partial charge in [-0.15, -0.1) is 10.2 Å². The van der Waals surface area contributed by atoms with Crippen LogP contribution in [-0.4, -0.2) is 28.1 Å². The molecule has 0 saturated heterocycles. The molecule has 150 valence electrons. The molecule has 2 atom stereocenters. The van der Waals surface area contributed by atoms with Gasteiger partial charge in [-0.3, -0.25) is 14.9 Å². The number of nitrogens with zero attached hydrogens (tertiary/aromatic N) is 2. The first-order chi connectivity index (χ1) is 14.0. The molecule has 0 aliphatic rings. The van der Waals surface area contributed by atoms with Crippen LogP contribution in [0.3, 0.4) is 0 Å². The topological polar surface area (TPSA) is 84.0 Å². The van der Waals surface area contributed by atoms with Gasteiger partial charge in [-0.25, -0.2) is 4.39 Å². The van der Waals surface area contributed by atoms with Crippen LogP contribution >= 0.6 is 11.3 Å². The second-order valence-electron chi connectivity index (χ2n) is 6.61. The predicted molar refractivity (Wildman–Crippen MR) is 111 cm³/mol. The van der Waals surface area contributed by atoms with Crippen molar-refractivity contribution in [1.82, 2.24) is 15.5 Å². The van der Waals surface area contributed by atoms with E-state index in [0.717, 1.165) is 11.6 Å². The Bertz CT molecular complexity index is 993. The zero-order chi connectivity index (χ0) is 20.8. The van der Waals surface area contributed by atoms with Gasteiger partial charge in [0, 0.05) is 11.1 Å². The monoisotopic (exact) mass is 412 g/mol. The Morgan fingerprint density at radius 3 is 2.55 bits per heavy atom. The molecule has 0 radical (unpaired) electrons. The predicted octanol–water partition coefficient (Wildman–Crippen LogP) is 4.13. The van der Waals surface area contributed by atoms with E-state index in [9.17, 15) is 14.0 Å². The third kappa shape index (κ3) is 5.23. The number of hydrogen-bond acceptors (Lipinski definition) is 5. The van der Waals surface area contributed by atoms with E-state index in [0.29, 0.717) is 16.6 Å². The van der Waals surface area contributed by atoms with Crippen LogP contribution in [0.15, 0.2) is 54.6 Å². The Morgan fingerprint density at radius 1 is 1.10 bits per heavy atom. The van der Waals surface area contributed by atoms with E-state index in [4.69, 9.17) is 0 Å². The summed E-state index contributed by atoms with van der Waals surface area (Å²) in [5.41, 5.74) is 1.07. The molecule has 2 N–H and O–H groups in total. The number of hydrogen-bond donors (Lipinski definition) is 2. The summed E-state index contributed by atoms with van der Waals surface area (Å²) >= 11 is 1.25. The molecule has 0 bridgehead atoms. The number of halogens is 1. The molecule has 8 heteroatoms. The zero-order valence-corrected chi connectivity index (χ0v) is 16.9. The van der Waals surface area contributed by atoms with Crippen LogP contribution in [0.5, 0.6) is 0 Å². The van der Waals surface area contributed by atoms with Crippen LogP contribution in [0, 0.1) is 11.7 Å². The lowest BCUT2D eigenvalue weighted by atomic mass is 9.98. The lowest BCUT2D eigenvalue weighted by molar-refractivity contribution is -0.119. The molecule has 0 spiro atoms. The molecule has 2 amide bonds. The standard InChI is InChI=1S/C21H21FN4O2S/c1-3-13(2)17(23-18(27)15-10-7-11-16(22)12-15)19(28)24-21-26-25-20(29-21)14-8-5-4-6-9-14/h4-13,17H,3H2,1-2H3,(H,23,27)(H,24,26,28)/t13-,17-/m0/s1. The molecule has 6 nitrogen and oxygen atoms in total. The Balaban J connectivity index is 1.73. The van der Waals surface area contributed by atoms with Gasteiger partial charge in [0.2, 0.25) is 11.0 Å². The zero-order valence-electron chi connectivity index (χ0n) is 16.1. The lowest BCUT2D eigenvalue weighted by Gasteiger charge is -2.23. The van der Waals surface area contributed by atoms with Crippen molar-refractivity contribution in [2.75, 3.05) is 5.32 Å². The second kappa shape index (κ2) is 9.38. The normalized spacial score (nSPS) is 12.8. The van der Waals surface area contributed by atoms with E-state index in [-0.39, 0.29) is 17.4 Å². The summed E-state index contributed by atoms with van der Waals surface area (Å²) in [6, 6.07) is 14.1. The van der Waals surface area contributed by atoms with Gasteiger partial charge in [0.1, 0.15) is 16.9 Å². The second-order valence-corrected chi connectivity index (χ2v) is 7.59. The SMILES string of the molecule is CC[C@H](C)[C@H](NC(=O)c1cccc(F)c1)C(=O)Nc1nnc(-c2ccccc2)s1. The lowest BCUT2D eigenvalue weighted by Crippen LogP contribution is -2.47. The molecule has 29 heavy (non-hydrogen) atoms. The summed E-state index contributed by atoms with van der Waals surface area (Å²) in [7, 11) is 0. The van der Waals surface area contributed by atoms with E-state index < -0.39 is 17.8 Å². The molecule has 1 aromatic heterocycles. The van der Waals surface area contributed by atoms with E-state index in [1.165, 1.54) is 29.5 Å². The average Bonchev–Trinajstić information content (AvgIpc) is 3.20. The molecular formula is C21H21FN4O2S. The van der Waals surface area contributed by atoms with Crippen LogP contribution in [0.25, 0.3) is 10.6 Å². The highest BCUT2D eigenvalue weighted by atomic mass is 32.1. The van der Waals surface area contributed by atoms with Crippen molar-refractivity contribution < 1.29 is 14.0 Å². The summed E-state index contributed by atoms with van der Waals surface area (Å²) in [6.07, 6.45) is 0.674. The fourth-order valence-corrected chi connectivity index (χ4v) is 3.46. The number of rotatable bonds is 7. The minimum atomic E-state index is -0.792. The third-order valence-corrected chi connectivity index (χ3v) is 5.43. The summed E-state index contributed by atoms with van der Waals surface area (Å²) in [4.78, 5) is 25.3. The highest BCUT2D eigenvalue weighted by Gasteiger charge is 2.27. The molecule has 0 aliphatic carbocycles. The van der Waals surface area contributed by atoms with Crippen LogP contribution in [-0.2, 0) is 4.79 Å². The molecule has 0 aliphatic heterocycles. The van der Waals surface area contributed by atoms with Crippen LogP contribution in [0.4, 0.5) is 9.52 Å². The van der Waals surface area contributed by atoms with Crippen molar-refractivity contribution in [2.45, 2.75) is 26.3 Å². The number of benzene rings is 2. The number of aromatic nitrogens is 2. The van der Waals surface area contributed by atoms with E-state index in [1.807, 2.05) is 44.2 Å². The molecule has 0 fully saturated rings. The van der Waals surface area contributed by atoms with Crippen LogP contribution in [0.2, 0.25) is 0 Å². The van der Waals surface area contributed by atoms with Gasteiger partial charge in [-0.2, -0.15) is 0 Å². The number of amides is 2. The fourth-order valence-electron chi connectivity index (χ4n) is 2.71. The van der Waals surface area contributed by atoms with Crippen molar-refractivity contribution >= 4 is 28.3 Å². The first-order valence-electron chi connectivity index (χ1n) is 9.24. The van der Waals surface area contributed by atoms with Gasteiger partial charge in [0.05, 0.1) is 0 Å². The van der Waals surface area contributed by atoms with Crippen molar-refractivity contribution in [3.05, 3.63) is 66.0 Å². The van der Waals surface area contributed by atoms with Gasteiger partial charge >= 0.3 is 0 Å². The molecule has 3 aromatic rings. The van der Waals surface area contributed by atoms with E-state index in [1.54, 1.807) is 0 Å². The number of nitrogens with one attached hydrogen (secondary N) is 2. The van der Waals surface area contributed by atoms with Crippen molar-refractivity contribution in [3.8, 4) is 10.6 Å². The highest BCUT2D eigenvalue weighted by molar-refractivity contribution is 7.18. The Hall–Kier alpha value is -3.13. The minimum Gasteiger partial charge on any atom is -0.340 e. The van der Waals surface area contributed by atoms with Gasteiger partial charge < -0.3 is 5.32 Å². The average molecular weight is 412 g/mol. The largest absolute Gasteiger partial charge is 0.340 e. The van der Waals surface area contributed by atoms with Gasteiger partial charge in [0.15, 0.2) is 0 Å². The van der Waals surface area contributed by atoms with Crippen molar-refractivity contribution in [2.24, 2.45) is 5.92 Å². The first-order valence-corrected chi connectivity index (χ1v) is 10.1. The number of carbonyl (C=O) groups is 2. The minimum absolute atomic E-state index is 0.131. The summed E-state index contributed by atoms with van der Waals surface area (Å²) in [5, 5.41) is 14.6. The van der Waals surface area contributed by atoms with Gasteiger partial charge in [0.25, 0.3) is 5.91 Å². The smallest absolute Gasteiger partial charge is 0.252 e. The number of anilines is 1. The van der Waals surface area contributed by atoms with Crippen molar-refractivity contribution in [1.29, 1.82) is 0 Å². The fraction of sp³-hybridized carbons (Fsp3) is 0.238. The Labute approximate surface area is 172 Å². The third-order valence-electron chi connectivity index (χ3n) is 4.54. The maximum atomic E-state index is 13.4. The quantitative estimate of drug-likeness (QED) is 0.611. The molecule has 1 heterocycles. The maximum Gasteiger partial charge on any atom is 0.252 e. The summed E-state index contributed by atoms with van der Waals surface area (Å²) in [6.45, 7) is 3.79. The number of carbonyl (C=O) groups excluding carboxylic acids is 2. The van der Waals surface area contributed by atoms with Gasteiger partial charge in [-0.1, -0.05) is 68.0 Å². The molecule has 2 aromatic carbocycles. The molecule has 0 saturated carbocycles. The van der Waals surface area contributed by atoms with Crippen LogP contribution < -0.4 is 10.6 Å². The van der Waals surface area contributed by atoms with Crippen molar-refractivity contribution in [3.63, 3.8) is 0 Å². The Morgan fingerprint density at radius 2 is 1.86 bits per heavy atom. The van der Waals surface area contributed by atoms with Crippen LogP contribution in [0.1, 0.15) is 30.6 Å². The molecular weight excluding hydrogens is 391 g/mol. The summed E-state index contributed by atoms with van der Waals surface area (Å²) in [5.74, 6) is -1.54. The van der Waals surface area contributed by atoms with Gasteiger partial charge in [-0.05, 0) is 24.1 Å². The molecule has 3 rings (SSSR count). The maximum absolute atomic E-state index is 13.4. The van der Waals surface area contributed by atoms with E-state index in [2.05, 4.69) is 20.8 Å².